The van der Waals surface area contributed by atoms with E-state index in [1.54, 1.807) is 18.2 Å². The number of hydrogen-bond donors (Lipinski definition) is 2. The van der Waals surface area contributed by atoms with Crippen molar-refractivity contribution in [3.63, 3.8) is 0 Å². The highest BCUT2D eigenvalue weighted by atomic mass is 19.1. The van der Waals surface area contributed by atoms with Gasteiger partial charge in [0.2, 0.25) is 11.9 Å². The van der Waals surface area contributed by atoms with Gasteiger partial charge in [-0.1, -0.05) is 6.08 Å². The van der Waals surface area contributed by atoms with Crippen molar-refractivity contribution in [3.8, 4) is 11.4 Å². The summed E-state index contributed by atoms with van der Waals surface area (Å²) in [5, 5.41) is 7.53. The number of rotatable bonds is 8. The van der Waals surface area contributed by atoms with Crippen molar-refractivity contribution in [1.82, 2.24) is 19.7 Å². The molecule has 2 atom stereocenters. The lowest BCUT2D eigenvalue weighted by Crippen LogP contribution is -2.26. The van der Waals surface area contributed by atoms with E-state index in [9.17, 15) is 9.18 Å². The second-order valence-electron chi connectivity index (χ2n) is 9.53. The van der Waals surface area contributed by atoms with Gasteiger partial charge in [-0.3, -0.25) is 4.90 Å². The third-order valence-corrected chi connectivity index (χ3v) is 5.52. The van der Waals surface area contributed by atoms with Gasteiger partial charge in [0.05, 0.1) is 17.3 Å². The number of alkyl halides is 1. The lowest BCUT2D eigenvalue weighted by atomic mass is 10.0. The van der Waals surface area contributed by atoms with Crippen molar-refractivity contribution >= 4 is 17.8 Å². The summed E-state index contributed by atoms with van der Waals surface area (Å²) in [6.07, 6.45) is 4.99. The van der Waals surface area contributed by atoms with Gasteiger partial charge in [-0.15, -0.1) is 5.10 Å². The molecule has 2 aliphatic rings. The SMILES string of the molecule is CC(C)(C)Oc1ccc(-n2nc(NC3C=CC(OCCN4CC[C@H](F)C4)=CC3=C=O)nc2N)cc1. The number of benzene rings is 1. The Kier molecular flexibility index (Phi) is 7.23. The first-order valence-electron chi connectivity index (χ1n) is 11.6. The van der Waals surface area contributed by atoms with E-state index in [0.717, 1.165) is 18.0 Å². The Morgan fingerprint density at radius 2 is 2.06 bits per heavy atom. The first-order chi connectivity index (χ1) is 16.7. The van der Waals surface area contributed by atoms with Gasteiger partial charge in [-0.25, -0.2) is 9.18 Å². The second kappa shape index (κ2) is 10.3. The highest BCUT2D eigenvalue weighted by molar-refractivity contribution is 5.65. The minimum atomic E-state index is -0.756. The molecule has 9 nitrogen and oxygen atoms in total. The van der Waals surface area contributed by atoms with Crippen LogP contribution < -0.4 is 15.8 Å². The predicted octanol–water partition coefficient (Wildman–Crippen LogP) is 3.08. The van der Waals surface area contributed by atoms with E-state index in [2.05, 4.69) is 15.4 Å². The van der Waals surface area contributed by atoms with Crippen molar-refractivity contribution in [2.75, 3.05) is 37.3 Å². The number of likely N-dealkylation sites (tertiary alicyclic amines) is 1. The number of anilines is 2. The zero-order valence-electron chi connectivity index (χ0n) is 20.2. The van der Waals surface area contributed by atoms with E-state index in [4.69, 9.17) is 15.2 Å². The van der Waals surface area contributed by atoms with Gasteiger partial charge < -0.3 is 20.5 Å². The molecule has 1 unspecified atom stereocenters. The van der Waals surface area contributed by atoms with Crippen molar-refractivity contribution in [2.45, 2.75) is 45.0 Å². The van der Waals surface area contributed by atoms with E-state index >= 15 is 0 Å². The molecule has 1 saturated heterocycles. The summed E-state index contributed by atoms with van der Waals surface area (Å²) in [5.74, 6) is 3.71. The predicted molar refractivity (Wildman–Crippen MR) is 132 cm³/mol. The van der Waals surface area contributed by atoms with Gasteiger partial charge in [-0.2, -0.15) is 9.67 Å². The van der Waals surface area contributed by atoms with Gasteiger partial charge in [-0.05, 0) is 63.6 Å². The molecule has 1 aliphatic carbocycles. The summed E-state index contributed by atoms with van der Waals surface area (Å²) in [5.41, 5.74) is 6.86. The molecule has 3 N–H and O–H groups in total. The van der Waals surface area contributed by atoms with Crippen LogP contribution in [0.2, 0.25) is 0 Å². The van der Waals surface area contributed by atoms with E-state index in [1.165, 1.54) is 4.68 Å². The fourth-order valence-electron chi connectivity index (χ4n) is 3.90. The molecule has 1 aromatic heterocycles. The lowest BCUT2D eigenvalue weighted by molar-refractivity contribution is 0.131. The molecule has 0 bridgehead atoms. The summed E-state index contributed by atoms with van der Waals surface area (Å²) in [7, 11) is 0. The van der Waals surface area contributed by atoms with Gasteiger partial charge >= 0.3 is 0 Å². The molecule has 4 rings (SSSR count). The number of hydrogen-bond acceptors (Lipinski definition) is 8. The fourth-order valence-corrected chi connectivity index (χ4v) is 3.90. The molecular weight excluding hydrogens is 451 g/mol. The maximum Gasteiger partial charge on any atom is 0.245 e. The molecule has 1 fully saturated rings. The van der Waals surface area contributed by atoms with Crippen LogP contribution in [0.4, 0.5) is 16.3 Å². The molecule has 2 heterocycles. The Labute approximate surface area is 204 Å². The van der Waals surface area contributed by atoms with E-state index < -0.39 is 12.2 Å². The summed E-state index contributed by atoms with van der Waals surface area (Å²) in [4.78, 5) is 17.9. The number of aromatic nitrogens is 3. The number of halogens is 1. The largest absolute Gasteiger partial charge is 0.492 e. The molecule has 1 aliphatic heterocycles. The molecule has 10 heteroatoms. The van der Waals surface area contributed by atoms with Crippen molar-refractivity contribution in [3.05, 3.63) is 53.8 Å². The molecule has 0 amide bonds. The Morgan fingerprint density at radius 1 is 1.29 bits per heavy atom. The van der Waals surface area contributed by atoms with Gasteiger partial charge in [0.25, 0.3) is 0 Å². The number of ether oxygens (including phenoxy) is 2. The van der Waals surface area contributed by atoms with Crippen LogP contribution in [0.1, 0.15) is 27.2 Å². The zero-order valence-corrected chi connectivity index (χ0v) is 20.2. The minimum absolute atomic E-state index is 0.199. The molecule has 1 aromatic carbocycles. The number of nitrogens with two attached hydrogens (primary N) is 1. The summed E-state index contributed by atoms with van der Waals surface area (Å²) >= 11 is 0. The van der Waals surface area contributed by atoms with Crippen LogP contribution in [0.3, 0.4) is 0 Å². The number of nitrogen functional groups attached to an aromatic ring is 1. The first kappa shape index (κ1) is 24.5. The molecule has 0 spiro atoms. The Balaban J connectivity index is 1.36. The van der Waals surface area contributed by atoms with Crippen LogP contribution in [0.25, 0.3) is 5.69 Å². The monoisotopic (exact) mass is 482 g/mol. The van der Waals surface area contributed by atoms with Crippen molar-refractivity contribution in [1.29, 1.82) is 0 Å². The highest BCUT2D eigenvalue weighted by Crippen LogP contribution is 2.23. The maximum atomic E-state index is 13.3. The average molecular weight is 483 g/mol. The van der Waals surface area contributed by atoms with Gasteiger partial charge in [0, 0.05) is 19.6 Å². The number of carbonyl (C=O) groups excluding carboxylic acids is 1. The Hall–Kier alpha value is -3.62. The lowest BCUT2D eigenvalue weighted by Gasteiger charge is -2.21. The number of nitrogens with one attached hydrogen (secondary N) is 1. The van der Waals surface area contributed by atoms with E-state index in [0.29, 0.717) is 37.4 Å². The molecule has 35 heavy (non-hydrogen) atoms. The molecule has 2 aromatic rings. The number of allylic oxidation sites excluding steroid dienone is 1. The Bertz CT molecular complexity index is 1140. The summed E-state index contributed by atoms with van der Waals surface area (Å²) < 4.78 is 26.4. The van der Waals surface area contributed by atoms with Gasteiger partial charge in [0.1, 0.15) is 35.8 Å². The average Bonchev–Trinajstić information content (AvgIpc) is 3.39. The molecular formula is C25H31FN6O3. The normalized spacial score (nSPS) is 20.5. The third-order valence-electron chi connectivity index (χ3n) is 5.52. The van der Waals surface area contributed by atoms with Crippen LogP contribution in [0.15, 0.2) is 53.8 Å². The zero-order chi connectivity index (χ0) is 25.0. The van der Waals surface area contributed by atoms with Crippen molar-refractivity contribution < 1.29 is 18.7 Å². The van der Waals surface area contributed by atoms with Crippen molar-refractivity contribution in [2.24, 2.45) is 0 Å². The van der Waals surface area contributed by atoms with Crippen LogP contribution in [0, 0.1) is 0 Å². The second-order valence-corrected chi connectivity index (χ2v) is 9.53. The first-order valence-corrected chi connectivity index (χ1v) is 11.6. The van der Waals surface area contributed by atoms with E-state index in [1.807, 2.05) is 55.9 Å². The quantitative estimate of drug-likeness (QED) is 0.553. The molecule has 0 radical (unpaired) electrons. The topological polar surface area (TPSA) is 108 Å². The van der Waals surface area contributed by atoms with Crippen LogP contribution in [-0.4, -0.2) is 69.7 Å². The fraction of sp³-hybridized carbons (Fsp3) is 0.440. The molecule has 0 saturated carbocycles. The standard InChI is InChI=1S/C25H31FN6O3/c1-25(2,3)35-20-6-4-19(5-7-20)32-23(27)29-24(30-32)28-22-9-8-21(14-17(22)16-33)34-13-12-31-11-10-18(26)15-31/h4-9,14,18,22H,10-13,15H2,1-3H3,(H3,27,28,29,30)/t18-,22?/m0/s1. The maximum absolute atomic E-state index is 13.3. The highest BCUT2D eigenvalue weighted by Gasteiger charge is 2.22. The number of nitrogens with zero attached hydrogens (tertiary/aromatic N) is 4. The summed E-state index contributed by atoms with van der Waals surface area (Å²) in [6, 6.07) is 6.89. The Morgan fingerprint density at radius 3 is 2.71 bits per heavy atom. The minimum Gasteiger partial charge on any atom is -0.492 e. The summed E-state index contributed by atoms with van der Waals surface area (Å²) in [6.45, 7) is 8.18. The smallest absolute Gasteiger partial charge is 0.245 e. The third kappa shape index (κ3) is 6.49. The molecule has 186 valence electrons. The van der Waals surface area contributed by atoms with Gasteiger partial charge in [0.15, 0.2) is 0 Å². The van der Waals surface area contributed by atoms with Crippen LogP contribution in [-0.2, 0) is 9.53 Å². The van der Waals surface area contributed by atoms with E-state index in [-0.39, 0.29) is 17.5 Å². The van der Waals surface area contributed by atoms with Crippen LogP contribution >= 0.6 is 0 Å². The van der Waals surface area contributed by atoms with Crippen LogP contribution in [0.5, 0.6) is 5.75 Å².